The summed E-state index contributed by atoms with van der Waals surface area (Å²) in [6.07, 6.45) is 8.89. The molecule has 1 saturated heterocycles. The number of halogens is 2. The molecule has 3 rings (SSSR count). The first kappa shape index (κ1) is 19.0. The molecule has 1 heterocycles. The van der Waals surface area contributed by atoms with Crippen molar-refractivity contribution in [3.63, 3.8) is 0 Å². The number of nitrogens with two attached hydrogens (primary N) is 1. The van der Waals surface area contributed by atoms with E-state index in [-0.39, 0.29) is 30.7 Å². The van der Waals surface area contributed by atoms with Crippen LogP contribution >= 0.6 is 24.8 Å². The zero-order valence-electron chi connectivity index (χ0n) is 12.8. The average Bonchev–Trinajstić information content (AvgIpc) is 3.15. The molecule has 1 amide bonds. The first-order valence-electron chi connectivity index (χ1n) is 7.94. The lowest BCUT2D eigenvalue weighted by molar-refractivity contribution is -0.128. The van der Waals surface area contributed by atoms with Gasteiger partial charge in [0.05, 0.1) is 5.54 Å². The average molecular weight is 338 g/mol. The molecule has 0 radical (unpaired) electrons. The Morgan fingerprint density at radius 1 is 1.19 bits per heavy atom. The molecule has 2 unspecified atom stereocenters. The second-order valence-electron chi connectivity index (χ2n) is 6.90. The van der Waals surface area contributed by atoms with Gasteiger partial charge in [-0.2, -0.15) is 0 Å². The molecule has 1 aliphatic heterocycles. The molecule has 21 heavy (non-hydrogen) atoms. The Labute approximate surface area is 140 Å². The van der Waals surface area contributed by atoms with Gasteiger partial charge >= 0.3 is 0 Å². The summed E-state index contributed by atoms with van der Waals surface area (Å²) in [6.45, 7) is 3.30. The van der Waals surface area contributed by atoms with Crippen molar-refractivity contribution in [2.75, 3.05) is 6.54 Å². The van der Waals surface area contributed by atoms with Crippen LogP contribution in [0.25, 0.3) is 0 Å². The van der Waals surface area contributed by atoms with Crippen molar-refractivity contribution >= 4 is 30.7 Å². The highest BCUT2D eigenvalue weighted by Crippen LogP contribution is 2.33. The second kappa shape index (κ2) is 7.49. The van der Waals surface area contributed by atoms with Crippen molar-refractivity contribution < 1.29 is 4.79 Å². The van der Waals surface area contributed by atoms with Gasteiger partial charge < -0.3 is 11.1 Å². The molecule has 0 aromatic heterocycles. The molecule has 0 aromatic rings. The zero-order valence-corrected chi connectivity index (χ0v) is 14.5. The number of carbonyl (C=O) groups excluding carboxylic acids is 1. The lowest BCUT2D eigenvalue weighted by Crippen LogP contribution is -2.57. The van der Waals surface area contributed by atoms with Gasteiger partial charge in [0.2, 0.25) is 5.91 Å². The van der Waals surface area contributed by atoms with Crippen molar-refractivity contribution in [2.24, 2.45) is 5.73 Å². The van der Waals surface area contributed by atoms with E-state index in [0.717, 1.165) is 44.7 Å². The molecule has 2 atom stereocenters. The van der Waals surface area contributed by atoms with Gasteiger partial charge in [0, 0.05) is 24.7 Å². The largest absolute Gasteiger partial charge is 0.350 e. The summed E-state index contributed by atoms with van der Waals surface area (Å²) in [7, 11) is 0. The van der Waals surface area contributed by atoms with Crippen molar-refractivity contribution in [3.8, 4) is 0 Å². The second-order valence-corrected chi connectivity index (χ2v) is 6.90. The molecule has 0 spiro atoms. The van der Waals surface area contributed by atoms with Gasteiger partial charge in [-0.1, -0.05) is 19.3 Å². The zero-order chi connectivity index (χ0) is 13.5. The molecule has 3 fully saturated rings. The number of amides is 1. The lowest BCUT2D eigenvalue weighted by atomic mass is 9.81. The van der Waals surface area contributed by atoms with Crippen LogP contribution in [0, 0.1) is 0 Å². The number of hydrogen-bond acceptors (Lipinski definition) is 3. The predicted octanol–water partition coefficient (Wildman–Crippen LogP) is 2.23. The summed E-state index contributed by atoms with van der Waals surface area (Å²) >= 11 is 0. The molecule has 6 heteroatoms. The molecule has 3 N–H and O–H groups in total. The number of nitrogens with zero attached hydrogens (tertiary/aromatic N) is 1. The molecule has 0 aromatic carbocycles. The molecular formula is C15H29Cl2N3O. The van der Waals surface area contributed by atoms with Crippen LogP contribution in [0.2, 0.25) is 0 Å². The van der Waals surface area contributed by atoms with Gasteiger partial charge in [-0.05, 0) is 39.0 Å². The van der Waals surface area contributed by atoms with Gasteiger partial charge in [-0.25, -0.2) is 0 Å². The highest BCUT2D eigenvalue weighted by atomic mass is 35.5. The molecule has 2 saturated carbocycles. The van der Waals surface area contributed by atoms with Crippen LogP contribution in [0.3, 0.4) is 0 Å². The fourth-order valence-electron chi connectivity index (χ4n) is 3.81. The first-order chi connectivity index (χ1) is 9.08. The Bertz CT molecular complexity index is 357. The summed E-state index contributed by atoms with van der Waals surface area (Å²) in [6, 6.07) is 1.71. The van der Waals surface area contributed by atoms with E-state index in [1.807, 2.05) is 0 Å². The van der Waals surface area contributed by atoms with Crippen molar-refractivity contribution in [1.29, 1.82) is 0 Å². The van der Waals surface area contributed by atoms with E-state index in [2.05, 4.69) is 17.1 Å². The van der Waals surface area contributed by atoms with Crippen LogP contribution in [0.4, 0.5) is 0 Å². The van der Waals surface area contributed by atoms with E-state index >= 15 is 0 Å². The Hall–Kier alpha value is -0.0300. The minimum absolute atomic E-state index is 0. The summed E-state index contributed by atoms with van der Waals surface area (Å²) in [4.78, 5) is 15.0. The quantitative estimate of drug-likeness (QED) is 0.830. The third-order valence-electron chi connectivity index (χ3n) is 5.17. The maximum Gasteiger partial charge on any atom is 0.240 e. The van der Waals surface area contributed by atoms with Crippen molar-refractivity contribution in [3.05, 3.63) is 0 Å². The Balaban J connectivity index is 0.00000110. The van der Waals surface area contributed by atoms with Crippen LogP contribution in [0.1, 0.15) is 58.3 Å². The maximum absolute atomic E-state index is 12.4. The molecule has 4 nitrogen and oxygen atoms in total. The Morgan fingerprint density at radius 2 is 1.81 bits per heavy atom. The highest BCUT2D eigenvalue weighted by molar-refractivity contribution is 5.86. The molecular weight excluding hydrogens is 309 g/mol. The van der Waals surface area contributed by atoms with Crippen molar-refractivity contribution in [1.82, 2.24) is 10.2 Å². The number of rotatable bonds is 3. The standard InChI is InChI=1S/C15H27N3O.2ClH/c1-11-9-12(10-18(11)13-5-6-13)17-14(19)15(16)7-3-2-4-8-15;;/h11-13H,2-10,16H2,1H3,(H,17,19);2*1H. The minimum atomic E-state index is -0.589. The molecule has 2 aliphatic carbocycles. The minimum Gasteiger partial charge on any atom is -0.350 e. The van der Waals surface area contributed by atoms with E-state index in [1.54, 1.807) is 0 Å². The monoisotopic (exact) mass is 337 g/mol. The van der Waals surface area contributed by atoms with Gasteiger partial charge in [0.25, 0.3) is 0 Å². The van der Waals surface area contributed by atoms with E-state index in [9.17, 15) is 4.79 Å². The summed E-state index contributed by atoms with van der Waals surface area (Å²) in [5, 5.41) is 3.23. The van der Waals surface area contributed by atoms with Crippen LogP contribution in [0.15, 0.2) is 0 Å². The molecule has 124 valence electrons. The van der Waals surface area contributed by atoms with Crippen LogP contribution < -0.4 is 11.1 Å². The fraction of sp³-hybridized carbons (Fsp3) is 0.933. The summed E-state index contributed by atoms with van der Waals surface area (Å²) in [5.41, 5.74) is 5.71. The first-order valence-corrected chi connectivity index (χ1v) is 7.94. The van der Waals surface area contributed by atoms with E-state index in [1.165, 1.54) is 19.3 Å². The number of hydrogen-bond donors (Lipinski definition) is 2. The lowest BCUT2D eigenvalue weighted by Gasteiger charge is -2.33. The highest BCUT2D eigenvalue weighted by Gasteiger charge is 2.41. The maximum atomic E-state index is 12.4. The van der Waals surface area contributed by atoms with Gasteiger partial charge in [-0.3, -0.25) is 9.69 Å². The fourth-order valence-corrected chi connectivity index (χ4v) is 3.81. The van der Waals surface area contributed by atoms with Crippen LogP contribution in [-0.2, 0) is 4.79 Å². The van der Waals surface area contributed by atoms with Gasteiger partial charge in [0.15, 0.2) is 0 Å². The van der Waals surface area contributed by atoms with Gasteiger partial charge in [0.1, 0.15) is 0 Å². The Kier molecular flexibility index (Phi) is 6.79. The summed E-state index contributed by atoms with van der Waals surface area (Å²) in [5.74, 6) is 0.0991. The topological polar surface area (TPSA) is 58.4 Å². The van der Waals surface area contributed by atoms with E-state index < -0.39 is 5.54 Å². The number of carbonyl (C=O) groups is 1. The number of likely N-dealkylation sites (tertiary alicyclic amines) is 1. The smallest absolute Gasteiger partial charge is 0.240 e. The van der Waals surface area contributed by atoms with E-state index in [4.69, 9.17) is 5.73 Å². The molecule has 3 aliphatic rings. The van der Waals surface area contributed by atoms with Crippen LogP contribution in [0.5, 0.6) is 0 Å². The third kappa shape index (κ3) is 4.25. The predicted molar refractivity (Wildman–Crippen MR) is 90.2 cm³/mol. The molecule has 0 bridgehead atoms. The van der Waals surface area contributed by atoms with Crippen LogP contribution in [-0.4, -0.2) is 41.0 Å². The third-order valence-corrected chi connectivity index (χ3v) is 5.17. The normalized spacial score (nSPS) is 31.9. The number of nitrogens with one attached hydrogen (secondary N) is 1. The SMILES string of the molecule is CC1CC(NC(=O)C2(N)CCCCC2)CN1C1CC1.Cl.Cl. The van der Waals surface area contributed by atoms with Crippen molar-refractivity contribution in [2.45, 2.75) is 82.0 Å². The summed E-state index contributed by atoms with van der Waals surface area (Å²) < 4.78 is 0. The van der Waals surface area contributed by atoms with E-state index in [0.29, 0.717) is 12.1 Å². The Morgan fingerprint density at radius 3 is 2.38 bits per heavy atom. The van der Waals surface area contributed by atoms with Gasteiger partial charge in [-0.15, -0.1) is 24.8 Å².